The van der Waals surface area contributed by atoms with E-state index < -0.39 is 30.5 Å². The number of hydrogen-bond donors (Lipinski definition) is 4. The number of benzene rings is 4. The van der Waals surface area contributed by atoms with Gasteiger partial charge in [-0.1, -0.05) is 174 Å². The average molecular weight is 729 g/mol. The maximum absolute atomic E-state index is 11.8. The monoisotopic (exact) mass is 728 g/mol. The third-order valence-corrected chi connectivity index (χ3v) is 18.9. The van der Waals surface area contributed by atoms with Crippen LogP contribution in [-0.2, 0) is 22.4 Å². The molecular formula is C48H60O4Si. The van der Waals surface area contributed by atoms with Gasteiger partial charge in [0, 0.05) is 0 Å². The van der Waals surface area contributed by atoms with Crippen LogP contribution in [0.1, 0.15) is 151 Å². The van der Waals surface area contributed by atoms with Crippen LogP contribution in [0.25, 0.3) is 0 Å². The molecule has 0 spiro atoms. The molecule has 0 amide bonds. The first kappa shape index (κ1) is 36.9. The highest BCUT2D eigenvalue weighted by Gasteiger charge is 2.44. The molecule has 4 aromatic carbocycles. The van der Waals surface area contributed by atoms with Crippen LogP contribution in [-0.4, -0.2) is 28.5 Å². The van der Waals surface area contributed by atoms with E-state index in [1.165, 1.54) is 46.4 Å². The van der Waals surface area contributed by atoms with Gasteiger partial charge in [0.05, 0.1) is 22.4 Å². The van der Waals surface area contributed by atoms with E-state index in [1.807, 2.05) is 0 Å². The van der Waals surface area contributed by atoms with Gasteiger partial charge in [-0.3, -0.25) is 0 Å². The van der Waals surface area contributed by atoms with Crippen LogP contribution in [0, 0.1) is 0 Å². The Morgan fingerprint density at radius 3 is 0.604 bits per heavy atom. The van der Waals surface area contributed by atoms with Crippen molar-refractivity contribution in [2.45, 2.75) is 151 Å². The third-order valence-electron chi connectivity index (χ3n) is 14.1. The topological polar surface area (TPSA) is 80.9 Å². The maximum atomic E-state index is 11.8. The molecule has 0 radical (unpaired) electrons. The number of aliphatic hydroxyl groups is 4. The second kappa shape index (κ2) is 14.9. The summed E-state index contributed by atoms with van der Waals surface area (Å²) < 4.78 is 0. The first-order chi connectivity index (χ1) is 25.7. The van der Waals surface area contributed by atoms with Gasteiger partial charge in [-0.05, 0) is 94.4 Å². The second-order valence-electron chi connectivity index (χ2n) is 17.4. The van der Waals surface area contributed by atoms with E-state index in [0.717, 1.165) is 125 Å². The van der Waals surface area contributed by atoms with E-state index in [2.05, 4.69) is 97.1 Å². The van der Waals surface area contributed by atoms with Crippen molar-refractivity contribution in [1.29, 1.82) is 0 Å². The normalized spacial score (nSPS) is 22.6. The van der Waals surface area contributed by atoms with Gasteiger partial charge in [0.25, 0.3) is 0 Å². The first-order valence-electron chi connectivity index (χ1n) is 21.0. The first-order valence-corrected chi connectivity index (χ1v) is 23.0. The Morgan fingerprint density at radius 1 is 0.264 bits per heavy atom. The lowest BCUT2D eigenvalue weighted by Crippen LogP contribution is -2.74. The van der Waals surface area contributed by atoms with Gasteiger partial charge in [0.2, 0.25) is 0 Å². The molecular weight excluding hydrogens is 669 g/mol. The molecule has 4 fully saturated rings. The summed E-state index contributed by atoms with van der Waals surface area (Å²) in [5.74, 6) is 0. The molecule has 4 saturated carbocycles. The highest BCUT2D eigenvalue weighted by atomic mass is 28.3. The van der Waals surface area contributed by atoms with E-state index in [9.17, 15) is 20.4 Å². The molecule has 5 heteroatoms. The summed E-state index contributed by atoms with van der Waals surface area (Å²) in [5, 5.41) is 52.0. The maximum Gasteiger partial charge on any atom is 0.179 e. The zero-order chi connectivity index (χ0) is 36.6. The molecule has 4 aromatic rings. The Bertz CT molecular complexity index is 1530. The highest BCUT2D eigenvalue weighted by Crippen LogP contribution is 2.40. The van der Waals surface area contributed by atoms with Crippen LogP contribution >= 0.6 is 0 Å². The van der Waals surface area contributed by atoms with Crippen molar-refractivity contribution in [1.82, 2.24) is 0 Å². The SMILES string of the molecule is OC1(c2ccc([Si](c3ccc(C4(O)CCCCC4)cc3)(c3ccc(C4(O)CCCCC4)cc3)c3ccc(C4(O)CCCCC4)cc3)cc2)CCCCC1. The molecule has 0 heterocycles. The Hall–Kier alpha value is -3.06. The van der Waals surface area contributed by atoms with Gasteiger partial charge >= 0.3 is 0 Å². The molecule has 4 aliphatic carbocycles. The van der Waals surface area contributed by atoms with E-state index in [-0.39, 0.29) is 0 Å². The summed E-state index contributed by atoms with van der Waals surface area (Å²) >= 11 is 0. The van der Waals surface area contributed by atoms with E-state index in [4.69, 9.17) is 0 Å². The summed E-state index contributed by atoms with van der Waals surface area (Å²) in [7, 11) is -3.01. The molecule has 4 aliphatic rings. The second-order valence-corrected chi connectivity index (χ2v) is 21.2. The fourth-order valence-corrected chi connectivity index (χ4v) is 15.5. The molecule has 0 aromatic heterocycles. The quantitative estimate of drug-likeness (QED) is 0.111. The van der Waals surface area contributed by atoms with E-state index in [1.54, 1.807) is 0 Å². The predicted molar refractivity (Wildman–Crippen MR) is 218 cm³/mol. The van der Waals surface area contributed by atoms with Crippen molar-refractivity contribution >= 4 is 28.8 Å². The lowest BCUT2D eigenvalue weighted by molar-refractivity contribution is -0.000944. The zero-order valence-corrected chi connectivity index (χ0v) is 32.7. The molecule has 0 saturated heterocycles. The number of rotatable bonds is 8. The van der Waals surface area contributed by atoms with Crippen LogP contribution in [0.3, 0.4) is 0 Å². The molecule has 0 atom stereocenters. The zero-order valence-electron chi connectivity index (χ0n) is 31.7. The average Bonchev–Trinajstić information content (AvgIpc) is 3.20. The third kappa shape index (κ3) is 6.91. The summed E-state index contributed by atoms with van der Waals surface area (Å²) in [6.45, 7) is 0. The van der Waals surface area contributed by atoms with Crippen molar-refractivity contribution in [3.63, 3.8) is 0 Å². The Balaban J connectivity index is 1.31. The van der Waals surface area contributed by atoms with Gasteiger partial charge in [0.15, 0.2) is 8.07 Å². The summed E-state index contributed by atoms with van der Waals surface area (Å²) in [4.78, 5) is 0. The van der Waals surface area contributed by atoms with Crippen LogP contribution in [0.4, 0.5) is 0 Å². The minimum Gasteiger partial charge on any atom is -0.385 e. The van der Waals surface area contributed by atoms with Crippen LogP contribution < -0.4 is 20.7 Å². The Morgan fingerprint density at radius 2 is 0.434 bits per heavy atom. The molecule has 0 unspecified atom stereocenters. The summed E-state index contributed by atoms with van der Waals surface area (Å²) in [5.41, 5.74) is 0.871. The predicted octanol–water partition coefficient (Wildman–Crippen LogP) is 7.67. The Kier molecular flexibility index (Phi) is 10.4. The van der Waals surface area contributed by atoms with Crippen LogP contribution in [0.5, 0.6) is 0 Å². The molecule has 8 rings (SSSR count). The lowest BCUT2D eigenvalue weighted by Gasteiger charge is -2.38. The molecule has 53 heavy (non-hydrogen) atoms. The van der Waals surface area contributed by atoms with Crippen molar-refractivity contribution < 1.29 is 20.4 Å². The van der Waals surface area contributed by atoms with Gasteiger partial charge in [-0.25, -0.2) is 0 Å². The molecule has 280 valence electrons. The Labute approximate surface area is 318 Å². The number of hydrogen-bond acceptors (Lipinski definition) is 4. The fourth-order valence-electron chi connectivity index (χ4n) is 10.8. The molecule has 4 nitrogen and oxygen atoms in total. The minimum absolute atomic E-state index is 0.785. The van der Waals surface area contributed by atoms with E-state index in [0.29, 0.717) is 0 Å². The lowest BCUT2D eigenvalue weighted by atomic mass is 9.80. The van der Waals surface area contributed by atoms with Gasteiger partial charge in [-0.2, -0.15) is 0 Å². The van der Waals surface area contributed by atoms with E-state index >= 15 is 0 Å². The summed E-state index contributed by atoms with van der Waals surface area (Å²) in [6, 6.07) is 35.7. The summed E-state index contributed by atoms with van der Waals surface area (Å²) in [6.07, 6.45) is 19.5. The van der Waals surface area contributed by atoms with Crippen LogP contribution in [0.2, 0.25) is 0 Å². The van der Waals surface area contributed by atoms with Gasteiger partial charge in [0.1, 0.15) is 0 Å². The van der Waals surface area contributed by atoms with Crippen molar-refractivity contribution in [3.8, 4) is 0 Å². The smallest absolute Gasteiger partial charge is 0.179 e. The highest BCUT2D eigenvalue weighted by molar-refractivity contribution is 7.19. The largest absolute Gasteiger partial charge is 0.385 e. The van der Waals surface area contributed by atoms with Crippen molar-refractivity contribution in [2.24, 2.45) is 0 Å². The fraction of sp³-hybridized carbons (Fsp3) is 0.500. The van der Waals surface area contributed by atoms with Gasteiger partial charge < -0.3 is 20.4 Å². The van der Waals surface area contributed by atoms with Crippen LogP contribution in [0.15, 0.2) is 97.1 Å². The minimum atomic E-state index is -3.01. The van der Waals surface area contributed by atoms with Crippen molar-refractivity contribution in [2.75, 3.05) is 0 Å². The standard InChI is InChI=1S/C48H60O4Si/c49-45(29-5-1-6-30-45)37-13-21-41(22-14-37)53(42-23-15-38(16-24-42)46(50)31-7-2-8-32-46,43-25-17-39(18-26-43)47(51)33-9-3-10-34-47)44-27-19-40(20-28-44)48(52)35-11-4-12-36-48/h13-28,49-52H,1-12,29-36H2. The van der Waals surface area contributed by atoms with Crippen molar-refractivity contribution in [3.05, 3.63) is 119 Å². The molecule has 4 N–H and O–H groups in total. The molecule has 0 bridgehead atoms. The molecule has 0 aliphatic heterocycles. The van der Waals surface area contributed by atoms with Gasteiger partial charge in [-0.15, -0.1) is 0 Å².